The van der Waals surface area contributed by atoms with Crippen molar-refractivity contribution in [2.75, 3.05) is 11.5 Å². The number of rotatable bonds is 2. The summed E-state index contributed by atoms with van der Waals surface area (Å²) in [7, 11) is 0. The number of hydrogen-bond acceptors (Lipinski definition) is 1. The molecule has 0 N–H and O–H groups in total. The summed E-state index contributed by atoms with van der Waals surface area (Å²) in [5.41, 5.74) is 0. The highest BCUT2D eigenvalue weighted by Crippen LogP contribution is 2.32. The minimum absolute atomic E-state index is 0.878. The molecule has 0 radical (unpaired) electrons. The van der Waals surface area contributed by atoms with Crippen molar-refractivity contribution >= 4 is 11.8 Å². The summed E-state index contributed by atoms with van der Waals surface area (Å²) >= 11 is 2.13. The molecule has 1 aliphatic rings. The van der Waals surface area contributed by atoms with Crippen LogP contribution in [-0.2, 0) is 0 Å². The molecule has 0 spiro atoms. The highest BCUT2D eigenvalue weighted by atomic mass is 32.2. The van der Waals surface area contributed by atoms with Crippen molar-refractivity contribution in [2.45, 2.75) is 33.6 Å². The van der Waals surface area contributed by atoms with Gasteiger partial charge in [0.1, 0.15) is 0 Å². The van der Waals surface area contributed by atoms with Gasteiger partial charge in [0.25, 0.3) is 0 Å². The van der Waals surface area contributed by atoms with E-state index in [2.05, 4.69) is 32.5 Å². The van der Waals surface area contributed by atoms with Crippen molar-refractivity contribution in [1.29, 1.82) is 0 Å². The van der Waals surface area contributed by atoms with E-state index in [0.717, 1.165) is 17.8 Å². The van der Waals surface area contributed by atoms with Gasteiger partial charge in [0, 0.05) is 0 Å². The molecule has 1 heterocycles. The smallest absolute Gasteiger partial charge is 0.00648 e. The molecule has 0 aromatic rings. The number of hydrogen-bond donors (Lipinski definition) is 0. The summed E-state index contributed by atoms with van der Waals surface area (Å²) in [6, 6.07) is 0. The van der Waals surface area contributed by atoms with Gasteiger partial charge in [0.15, 0.2) is 0 Å². The van der Waals surface area contributed by atoms with Crippen LogP contribution in [-0.4, -0.2) is 11.5 Å². The number of thioether (sulfide) groups is 1. The lowest BCUT2D eigenvalue weighted by Gasteiger charge is -2.29. The molecule has 66 valence electrons. The Hall–Kier alpha value is 0.350. The average Bonchev–Trinajstić information content (AvgIpc) is 2.05. The van der Waals surface area contributed by atoms with Crippen LogP contribution in [0.5, 0.6) is 0 Å². The third-order valence-electron chi connectivity index (χ3n) is 3.06. The molecule has 1 fully saturated rings. The van der Waals surface area contributed by atoms with E-state index >= 15 is 0 Å². The predicted octanol–water partition coefficient (Wildman–Crippen LogP) is 3.42. The van der Waals surface area contributed by atoms with Crippen LogP contribution in [0.3, 0.4) is 0 Å². The standard InChI is InChI=1S/C10H20S/c1-8(2)9(3)10-4-6-11-7-5-10/h8-10H,4-7H2,1-3H3. The summed E-state index contributed by atoms with van der Waals surface area (Å²) in [6.45, 7) is 7.13. The SMILES string of the molecule is CC(C)C(C)C1CCSCC1. The Morgan fingerprint density at radius 3 is 2.09 bits per heavy atom. The second-order valence-electron chi connectivity index (χ2n) is 4.05. The highest BCUT2D eigenvalue weighted by Gasteiger charge is 2.21. The molecule has 0 saturated carbocycles. The molecule has 1 aliphatic heterocycles. The summed E-state index contributed by atoms with van der Waals surface area (Å²) < 4.78 is 0. The Morgan fingerprint density at radius 2 is 1.64 bits per heavy atom. The van der Waals surface area contributed by atoms with E-state index in [0.29, 0.717) is 0 Å². The van der Waals surface area contributed by atoms with Crippen LogP contribution in [0.2, 0.25) is 0 Å². The lowest BCUT2D eigenvalue weighted by atomic mass is 9.82. The first-order chi connectivity index (χ1) is 5.22. The lowest BCUT2D eigenvalue weighted by Crippen LogP contribution is -2.21. The van der Waals surface area contributed by atoms with Crippen LogP contribution < -0.4 is 0 Å². The molecule has 11 heavy (non-hydrogen) atoms. The molecule has 1 atom stereocenters. The Kier molecular flexibility index (Phi) is 3.77. The molecule has 1 heteroatoms. The Bertz CT molecular complexity index is 103. The third kappa shape index (κ3) is 2.70. The van der Waals surface area contributed by atoms with Gasteiger partial charge < -0.3 is 0 Å². The fourth-order valence-corrected chi connectivity index (χ4v) is 2.93. The average molecular weight is 172 g/mol. The zero-order valence-electron chi connectivity index (χ0n) is 7.97. The van der Waals surface area contributed by atoms with Gasteiger partial charge >= 0.3 is 0 Å². The van der Waals surface area contributed by atoms with Crippen molar-refractivity contribution < 1.29 is 0 Å². The summed E-state index contributed by atoms with van der Waals surface area (Å²) in [4.78, 5) is 0. The Balaban J connectivity index is 2.32. The molecule has 1 rings (SSSR count). The maximum atomic E-state index is 2.42. The zero-order chi connectivity index (χ0) is 8.27. The van der Waals surface area contributed by atoms with E-state index in [1.165, 1.54) is 24.3 Å². The molecule has 0 amide bonds. The van der Waals surface area contributed by atoms with Gasteiger partial charge in [-0.05, 0) is 42.1 Å². The molecule has 0 nitrogen and oxygen atoms in total. The van der Waals surface area contributed by atoms with E-state index in [9.17, 15) is 0 Å². The van der Waals surface area contributed by atoms with Crippen molar-refractivity contribution in [3.8, 4) is 0 Å². The van der Waals surface area contributed by atoms with Crippen LogP contribution in [0.1, 0.15) is 33.6 Å². The second kappa shape index (κ2) is 4.39. The van der Waals surface area contributed by atoms with Crippen LogP contribution >= 0.6 is 11.8 Å². The highest BCUT2D eigenvalue weighted by molar-refractivity contribution is 7.99. The van der Waals surface area contributed by atoms with Crippen molar-refractivity contribution in [3.05, 3.63) is 0 Å². The summed E-state index contributed by atoms with van der Waals surface area (Å²) in [6.07, 6.45) is 2.92. The van der Waals surface area contributed by atoms with E-state index in [-0.39, 0.29) is 0 Å². The van der Waals surface area contributed by atoms with Crippen molar-refractivity contribution in [3.63, 3.8) is 0 Å². The van der Waals surface area contributed by atoms with E-state index < -0.39 is 0 Å². The van der Waals surface area contributed by atoms with Gasteiger partial charge in [-0.1, -0.05) is 20.8 Å². The molecule has 0 aromatic heterocycles. The van der Waals surface area contributed by atoms with Gasteiger partial charge in [-0.2, -0.15) is 11.8 Å². The molecule has 0 aliphatic carbocycles. The van der Waals surface area contributed by atoms with Crippen molar-refractivity contribution in [2.24, 2.45) is 17.8 Å². The molecule has 1 saturated heterocycles. The van der Waals surface area contributed by atoms with Gasteiger partial charge in [0.2, 0.25) is 0 Å². The normalized spacial score (nSPS) is 24.0. The third-order valence-corrected chi connectivity index (χ3v) is 4.11. The largest absolute Gasteiger partial charge is 0.162 e. The quantitative estimate of drug-likeness (QED) is 0.615. The zero-order valence-corrected chi connectivity index (χ0v) is 8.79. The van der Waals surface area contributed by atoms with Crippen LogP contribution in [0.4, 0.5) is 0 Å². The molecular formula is C10H20S. The molecule has 0 bridgehead atoms. The molecule has 0 aromatic carbocycles. The first-order valence-electron chi connectivity index (χ1n) is 4.79. The maximum Gasteiger partial charge on any atom is -0.00648 e. The van der Waals surface area contributed by atoms with E-state index in [1.807, 2.05) is 0 Å². The van der Waals surface area contributed by atoms with Crippen molar-refractivity contribution in [1.82, 2.24) is 0 Å². The monoisotopic (exact) mass is 172 g/mol. The second-order valence-corrected chi connectivity index (χ2v) is 5.28. The first-order valence-corrected chi connectivity index (χ1v) is 5.95. The van der Waals surface area contributed by atoms with Crippen LogP contribution in [0.25, 0.3) is 0 Å². The van der Waals surface area contributed by atoms with Gasteiger partial charge in [-0.15, -0.1) is 0 Å². The maximum absolute atomic E-state index is 2.42. The summed E-state index contributed by atoms with van der Waals surface area (Å²) in [5, 5.41) is 0. The predicted molar refractivity (Wildman–Crippen MR) is 54.1 cm³/mol. The van der Waals surface area contributed by atoms with Crippen LogP contribution in [0.15, 0.2) is 0 Å². The lowest BCUT2D eigenvalue weighted by molar-refractivity contribution is 0.261. The summed E-state index contributed by atoms with van der Waals surface area (Å²) in [5.74, 6) is 5.65. The minimum atomic E-state index is 0.878. The Morgan fingerprint density at radius 1 is 1.09 bits per heavy atom. The van der Waals surface area contributed by atoms with Gasteiger partial charge in [-0.3, -0.25) is 0 Å². The molecule has 1 unspecified atom stereocenters. The van der Waals surface area contributed by atoms with Gasteiger partial charge in [-0.25, -0.2) is 0 Å². The van der Waals surface area contributed by atoms with E-state index in [4.69, 9.17) is 0 Å². The van der Waals surface area contributed by atoms with Crippen LogP contribution in [0, 0.1) is 17.8 Å². The minimum Gasteiger partial charge on any atom is -0.162 e. The first kappa shape index (κ1) is 9.44. The van der Waals surface area contributed by atoms with E-state index in [1.54, 1.807) is 0 Å². The molecular weight excluding hydrogens is 152 g/mol. The topological polar surface area (TPSA) is 0 Å². The fraction of sp³-hybridized carbons (Fsp3) is 1.00. The fourth-order valence-electron chi connectivity index (χ4n) is 1.79. The Labute approximate surface area is 75.1 Å². The van der Waals surface area contributed by atoms with Gasteiger partial charge in [0.05, 0.1) is 0 Å².